The monoisotopic (exact) mass is 117 g/mol. The van der Waals surface area contributed by atoms with Gasteiger partial charge in [-0.25, -0.2) is 0 Å². The van der Waals surface area contributed by atoms with Crippen LogP contribution in [-0.2, 0) is 4.74 Å². The number of hydrogen-bond donors (Lipinski definition) is 0. The van der Waals surface area contributed by atoms with Crippen LogP contribution in [0.5, 0.6) is 0 Å². The molecular weight excluding hydrogens is 104 g/mol. The highest BCUT2D eigenvalue weighted by molar-refractivity contribution is 4.62. The summed E-state index contributed by atoms with van der Waals surface area (Å²) in [5.74, 6) is 0.701. The Hall–Kier alpha value is -0.0800. The Morgan fingerprint density at radius 2 is 2.50 bits per heavy atom. The zero-order valence-corrected chi connectivity index (χ0v) is 5.02. The van der Waals surface area contributed by atoms with Crippen molar-refractivity contribution in [3.63, 3.8) is 0 Å². The maximum absolute atomic E-state index is 6.91. The lowest BCUT2D eigenvalue weighted by Gasteiger charge is -1.98. The molecule has 2 nitrogen and oxygen atoms in total. The van der Waals surface area contributed by atoms with Gasteiger partial charge in [0.15, 0.2) is 0 Å². The molecule has 1 atom stereocenters. The van der Waals surface area contributed by atoms with Gasteiger partial charge in [0.1, 0.15) is 6.61 Å². The van der Waals surface area contributed by atoms with Crippen molar-refractivity contribution in [2.75, 3.05) is 19.8 Å². The first-order chi connectivity index (χ1) is 3.93. The molecule has 1 aliphatic rings. The van der Waals surface area contributed by atoms with E-state index in [0.717, 1.165) is 19.6 Å². The molecule has 0 spiro atoms. The van der Waals surface area contributed by atoms with Crippen LogP contribution < -0.4 is 0 Å². The summed E-state index contributed by atoms with van der Waals surface area (Å²) in [7, 11) is 0. The Bertz CT molecular complexity index is 57.5. The summed E-state index contributed by atoms with van der Waals surface area (Å²) in [5, 5.41) is 6.91. The molecule has 0 aromatic heterocycles. The summed E-state index contributed by atoms with van der Waals surface area (Å²) < 4.78 is 5.13. The zero-order valence-electron chi connectivity index (χ0n) is 5.02. The van der Waals surface area contributed by atoms with Crippen molar-refractivity contribution in [3.8, 4) is 0 Å². The largest absolute Gasteiger partial charge is 0.445 e. The van der Waals surface area contributed by atoms with E-state index in [4.69, 9.17) is 9.84 Å². The average molecular weight is 117 g/mol. The second-order valence-electron chi connectivity index (χ2n) is 2.27. The highest BCUT2D eigenvalue weighted by Crippen LogP contribution is 2.14. The fourth-order valence-corrected chi connectivity index (χ4v) is 1.02. The van der Waals surface area contributed by atoms with Crippen LogP contribution in [0.4, 0.5) is 0 Å². The quantitative estimate of drug-likeness (QED) is 0.473. The molecule has 2 N–H and O–H groups in total. The first-order valence-corrected chi connectivity index (χ1v) is 3.16. The van der Waals surface area contributed by atoms with E-state index < -0.39 is 0 Å². The molecule has 2 heteroatoms. The summed E-state index contributed by atoms with van der Waals surface area (Å²) in [6, 6.07) is 0. The summed E-state index contributed by atoms with van der Waals surface area (Å²) in [6.45, 7) is 2.39. The van der Waals surface area contributed by atoms with Crippen LogP contribution in [0.2, 0.25) is 0 Å². The SMILES string of the molecule is [OH2+]CCC1CCOC1. The molecule has 1 rings (SSSR count). The molecular formula is C6H13O2+. The fourth-order valence-electron chi connectivity index (χ4n) is 1.02. The van der Waals surface area contributed by atoms with Gasteiger partial charge in [0.05, 0.1) is 0 Å². The fraction of sp³-hybridized carbons (Fsp3) is 1.00. The number of ether oxygens (including phenoxy) is 1. The Labute approximate surface area is 49.5 Å². The minimum absolute atomic E-state index is 0.564. The smallest absolute Gasteiger partial charge is 0.143 e. The first kappa shape index (κ1) is 6.05. The van der Waals surface area contributed by atoms with Crippen molar-refractivity contribution in [2.24, 2.45) is 5.92 Å². The molecule has 48 valence electrons. The Kier molecular flexibility index (Phi) is 2.30. The normalized spacial score (nSPS) is 28.9. The van der Waals surface area contributed by atoms with Gasteiger partial charge in [-0.3, -0.25) is 0 Å². The van der Waals surface area contributed by atoms with Crippen LogP contribution in [0.15, 0.2) is 0 Å². The van der Waals surface area contributed by atoms with Gasteiger partial charge in [0, 0.05) is 19.6 Å². The highest BCUT2D eigenvalue weighted by atomic mass is 16.5. The molecule has 0 aromatic carbocycles. The third kappa shape index (κ3) is 1.46. The minimum atomic E-state index is 0.564. The van der Waals surface area contributed by atoms with Crippen LogP contribution in [-0.4, -0.2) is 24.9 Å². The molecule has 0 amide bonds. The van der Waals surface area contributed by atoms with E-state index in [-0.39, 0.29) is 0 Å². The van der Waals surface area contributed by atoms with E-state index in [1.165, 1.54) is 6.42 Å². The van der Waals surface area contributed by atoms with Gasteiger partial charge in [-0.05, 0) is 12.3 Å². The van der Waals surface area contributed by atoms with Gasteiger partial charge in [0.2, 0.25) is 0 Å². The Morgan fingerprint density at radius 3 is 3.00 bits per heavy atom. The first-order valence-electron chi connectivity index (χ1n) is 3.16. The molecule has 1 saturated heterocycles. The second-order valence-corrected chi connectivity index (χ2v) is 2.27. The van der Waals surface area contributed by atoms with E-state index in [0.29, 0.717) is 12.5 Å². The lowest BCUT2D eigenvalue weighted by atomic mass is 10.1. The van der Waals surface area contributed by atoms with Crippen LogP contribution >= 0.6 is 0 Å². The second kappa shape index (κ2) is 3.05. The molecule has 8 heavy (non-hydrogen) atoms. The maximum atomic E-state index is 6.91. The third-order valence-corrected chi connectivity index (χ3v) is 1.58. The predicted octanol–water partition coefficient (Wildman–Crippen LogP) is 0.138. The van der Waals surface area contributed by atoms with Crippen LogP contribution in [0.3, 0.4) is 0 Å². The van der Waals surface area contributed by atoms with E-state index in [2.05, 4.69) is 0 Å². The highest BCUT2D eigenvalue weighted by Gasteiger charge is 2.14. The van der Waals surface area contributed by atoms with Gasteiger partial charge >= 0.3 is 0 Å². The average Bonchev–Trinajstić information content (AvgIpc) is 2.19. The molecule has 0 saturated carbocycles. The summed E-state index contributed by atoms with van der Waals surface area (Å²) in [6.07, 6.45) is 2.21. The van der Waals surface area contributed by atoms with Crippen molar-refractivity contribution in [2.45, 2.75) is 12.8 Å². The molecule has 0 radical (unpaired) electrons. The Balaban J connectivity index is 2.06. The minimum Gasteiger partial charge on any atom is -0.445 e. The van der Waals surface area contributed by atoms with Crippen LogP contribution in [0.25, 0.3) is 0 Å². The maximum Gasteiger partial charge on any atom is 0.143 e. The van der Waals surface area contributed by atoms with Crippen LogP contribution in [0, 0.1) is 5.92 Å². The van der Waals surface area contributed by atoms with Crippen molar-refractivity contribution < 1.29 is 9.84 Å². The molecule has 0 aliphatic carbocycles. The molecule has 1 heterocycles. The predicted molar refractivity (Wildman–Crippen MR) is 32.0 cm³/mol. The van der Waals surface area contributed by atoms with E-state index in [1.54, 1.807) is 0 Å². The molecule has 1 unspecified atom stereocenters. The van der Waals surface area contributed by atoms with Gasteiger partial charge in [-0.2, -0.15) is 0 Å². The van der Waals surface area contributed by atoms with Crippen LogP contribution in [0.1, 0.15) is 12.8 Å². The standard InChI is InChI=1S/C6H12O2/c7-3-1-6-2-4-8-5-6/h6-7H,1-5H2/p+1. The lowest BCUT2D eigenvalue weighted by molar-refractivity contribution is 0.175. The molecule has 1 aliphatic heterocycles. The third-order valence-electron chi connectivity index (χ3n) is 1.58. The van der Waals surface area contributed by atoms with Crippen molar-refractivity contribution in [3.05, 3.63) is 0 Å². The lowest BCUT2D eigenvalue weighted by Crippen LogP contribution is -2.00. The van der Waals surface area contributed by atoms with Gasteiger partial charge < -0.3 is 9.84 Å². The Morgan fingerprint density at radius 1 is 1.62 bits per heavy atom. The van der Waals surface area contributed by atoms with Crippen molar-refractivity contribution >= 4 is 0 Å². The van der Waals surface area contributed by atoms with Gasteiger partial charge in [-0.1, -0.05) is 0 Å². The van der Waals surface area contributed by atoms with E-state index in [9.17, 15) is 0 Å². The summed E-state index contributed by atoms with van der Waals surface area (Å²) in [4.78, 5) is 0. The number of hydrogen-bond acceptors (Lipinski definition) is 1. The summed E-state index contributed by atoms with van der Waals surface area (Å²) in [5.41, 5.74) is 0. The topological polar surface area (TPSA) is 32.1 Å². The molecule has 1 fully saturated rings. The van der Waals surface area contributed by atoms with Gasteiger partial charge in [-0.15, -0.1) is 0 Å². The number of rotatable bonds is 2. The van der Waals surface area contributed by atoms with Crippen molar-refractivity contribution in [1.82, 2.24) is 0 Å². The molecule has 0 bridgehead atoms. The summed E-state index contributed by atoms with van der Waals surface area (Å²) >= 11 is 0. The van der Waals surface area contributed by atoms with Gasteiger partial charge in [0.25, 0.3) is 0 Å². The zero-order chi connectivity index (χ0) is 5.82. The van der Waals surface area contributed by atoms with E-state index in [1.807, 2.05) is 0 Å². The molecule has 0 aromatic rings. The van der Waals surface area contributed by atoms with Crippen molar-refractivity contribution in [1.29, 1.82) is 0 Å². The van der Waals surface area contributed by atoms with E-state index >= 15 is 0 Å².